The SMILES string of the molecule is Cc1cc(C)c(C(=O)CSC2NCC(C3CN3)CC2C)c(C)c1. The summed E-state index contributed by atoms with van der Waals surface area (Å²) in [5, 5.41) is 7.49. The number of nitrogens with one attached hydrogen (secondary N) is 2. The number of hydrogen-bond acceptors (Lipinski definition) is 4. The van der Waals surface area contributed by atoms with Gasteiger partial charge in [-0.2, -0.15) is 0 Å². The average molecular weight is 333 g/mol. The third kappa shape index (κ3) is 3.98. The molecule has 4 heteroatoms. The van der Waals surface area contributed by atoms with Crippen LogP contribution < -0.4 is 10.6 Å². The number of benzene rings is 1. The highest BCUT2D eigenvalue weighted by Gasteiger charge is 2.36. The molecule has 0 saturated carbocycles. The predicted molar refractivity (Wildman–Crippen MR) is 98.3 cm³/mol. The first-order chi connectivity index (χ1) is 11.0. The number of rotatable bonds is 5. The fourth-order valence-electron chi connectivity index (χ4n) is 3.94. The minimum Gasteiger partial charge on any atom is -0.311 e. The van der Waals surface area contributed by atoms with E-state index in [1.54, 1.807) is 11.8 Å². The summed E-state index contributed by atoms with van der Waals surface area (Å²) in [5.41, 5.74) is 4.37. The molecule has 2 aliphatic heterocycles. The lowest BCUT2D eigenvalue weighted by Gasteiger charge is -2.34. The lowest BCUT2D eigenvalue weighted by molar-refractivity contribution is 0.102. The molecule has 0 spiro atoms. The molecule has 126 valence electrons. The van der Waals surface area contributed by atoms with Gasteiger partial charge >= 0.3 is 0 Å². The Labute approximate surface area is 144 Å². The van der Waals surface area contributed by atoms with Crippen molar-refractivity contribution in [3.8, 4) is 0 Å². The minimum atomic E-state index is 0.269. The van der Waals surface area contributed by atoms with Gasteiger partial charge < -0.3 is 10.6 Å². The number of hydrogen-bond donors (Lipinski definition) is 2. The van der Waals surface area contributed by atoms with Crippen molar-refractivity contribution in [2.75, 3.05) is 18.8 Å². The number of aryl methyl sites for hydroxylation is 3. The third-order valence-electron chi connectivity index (χ3n) is 5.13. The van der Waals surface area contributed by atoms with Gasteiger partial charge in [-0.05, 0) is 50.2 Å². The number of ketones is 1. The lowest BCUT2D eigenvalue weighted by Crippen LogP contribution is -2.44. The Bertz CT molecular complexity index is 574. The van der Waals surface area contributed by atoms with Crippen LogP contribution in [0, 0.1) is 32.6 Å². The average Bonchev–Trinajstić information content (AvgIpc) is 3.29. The molecule has 1 aromatic rings. The number of carbonyl (C=O) groups excluding carboxylic acids is 1. The molecule has 2 aliphatic rings. The predicted octanol–water partition coefficient (Wildman–Crippen LogP) is 3.07. The van der Waals surface area contributed by atoms with Crippen molar-refractivity contribution in [1.29, 1.82) is 0 Å². The largest absolute Gasteiger partial charge is 0.311 e. The van der Waals surface area contributed by atoms with Crippen LogP contribution in [0.25, 0.3) is 0 Å². The zero-order chi connectivity index (χ0) is 16.6. The van der Waals surface area contributed by atoms with Crippen LogP contribution in [0.5, 0.6) is 0 Å². The van der Waals surface area contributed by atoms with Gasteiger partial charge in [-0.15, -0.1) is 11.8 Å². The minimum absolute atomic E-state index is 0.269. The Morgan fingerprint density at radius 1 is 1.17 bits per heavy atom. The van der Waals surface area contributed by atoms with Gasteiger partial charge in [0.1, 0.15) is 0 Å². The number of piperidine rings is 1. The monoisotopic (exact) mass is 332 g/mol. The molecule has 3 nitrogen and oxygen atoms in total. The van der Waals surface area contributed by atoms with E-state index in [2.05, 4.69) is 36.6 Å². The molecule has 2 N–H and O–H groups in total. The van der Waals surface area contributed by atoms with Crippen LogP contribution in [0.1, 0.15) is 40.4 Å². The highest BCUT2D eigenvalue weighted by atomic mass is 32.2. The topological polar surface area (TPSA) is 51.0 Å². The smallest absolute Gasteiger partial charge is 0.173 e. The van der Waals surface area contributed by atoms with Crippen molar-refractivity contribution in [2.45, 2.75) is 45.5 Å². The Balaban J connectivity index is 1.57. The first kappa shape index (κ1) is 17.0. The maximum Gasteiger partial charge on any atom is 0.173 e. The molecule has 0 amide bonds. The summed E-state index contributed by atoms with van der Waals surface area (Å²) in [5.74, 6) is 2.22. The summed E-state index contributed by atoms with van der Waals surface area (Å²) in [6, 6.07) is 4.95. The zero-order valence-corrected chi connectivity index (χ0v) is 15.4. The van der Waals surface area contributed by atoms with Gasteiger partial charge in [-0.25, -0.2) is 0 Å². The van der Waals surface area contributed by atoms with E-state index in [1.807, 2.05) is 13.8 Å². The molecule has 4 atom stereocenters. The van der Waals surface area contributed by atoms with E-state index in [4.69, 9.17) is 0 Å². The van der Waals surface area contributed by atoms with Gasteiger partial charge in [-0.1, -0.05) is 24.6 Å². The summed E-state index contributed by atoms with van der Waals surface area (Å²) < 4.78 is 0. The summed E-state index contributed by atoms with van der Waals surface area (Å²) >= 11 is 1.78. The van der Waals surface area contributed by atoms with E-state index in [9.17, 15) is 4.79 Å². The molecule has 4 unspecified atom stereocenters. The van der Waals surface area contributed by atoms with Crippen molar-refractivity contribution in [3.05, 3.63) is 34.4 Å². The summed E-state index contributed by atoms with van der Waals surface area (Å²) in [6.45, 7) is 10.8. The van der Waals surface area contributed by atoms with E-state index in [0.29, 0.717) is 17.0 Å². The molecule has 2 saturated heterocycles. The van der Waals surface area contributed by atoms with E-state index in [-0.39, 0.29) is 5.78 Å². The quantitative estimate of drug-likeness (QED) is 0.643. The molecule has 1 aromatic carbocycles. The van der Waals surface area contributed by atoms with Crippen molar-refractivity contribution in [1.82, 2.24) is 10.6 Å². The first-order valence-electron chi connectivity index (χ1n) is 8.65. The highest BCUT2D eigenvalue weighted by molar-refractivity contribution is 8.00. The van der Waals surface area contributed by atoms with Crippen LogP contribution in [0.2, 0.25) is 0 Å². The molecule has 3 rings (SSSR count). The molecule has 23 heavy (non-hydrogen) atoms. The van der Waals surface area contributed by atoms with E-state index in [1.165, 1.54) is 18.5 Å². The Morgan fingerprint density at radius 3 is 2.39 bits per heavy atom. The van der Waals surface area contributed by atoms with Crippen LogP contribution >= 0.6 is 11.8 Å². The Morgan fingerprint density at radius 2 is 1.83 bits per heavy atom. The van der Waals surface area contributed by atoms with E-state index < -0.39 is 0 Å². The molecule has 2 fully saturated rings. The van der Waals surface area contributed by atoms with Gasteiger partial charge in [-0.3, -0.25) is 4.79 Å². The molecule has 0 bridgehead atoms. The second-order valence-corrected chi connectivity index (χ2v) is 8.45. The van der Waals surface area contributed by atoms with Crippen LogP contribution in [0.4, 0.5) is 0 Å². The van der Waals surface area contributed by atoms with Crippen LogP contribution in [0.3, 0.4) is 0 Å². The maximum absolute atomic E-state index is 12.7. The van der Waals surface area contributed by atoms with Gasteiger partial charge in [0.05, 0.1) is 11.1 Å². The van der Waals surface area contributed by atoms with Gasteiger partial charge in [0.15, 0.2) is 5.78 Å². The first-order valence-corrected chi connectivity index (χ1v) is 9.70. The van der Waals surface area contributed by atoms with E-state index >= 15 is 0 Å². The molecule has 0 radical (unpaired) electrons. The second-order valence-electron chi connectivity index (χ2n) is 7.32. The fourth-order valence-corrected chi connectivity index (χ4v) is 5.07. The Hall–Kier alpha value is -0.840. The number of Topliss-reactive ketones (excluding diaryl/α,β-unsaturated/α-hetero) is 1. The summed E-state index contributed by atoms with van der Waals surface area (Å²) in [6.07, 6.45) is 1.26. The number of carbonyl (C=O) groups is 1. The highest BCUT2D eigenvalue weighted by Crippen LogP contribution is 2.31. The standard InChI is InChI=1S/C19H28N2OS/c1-11-5-12(2)18(13(3)6-11)17(22)10-23-19-14(4)7-15(8-21-19)16-9-20-16/h5-6,14-16,19-21H,7-10H2,1-4H3. The Kier molecular flexibility index (Phi) is 5.14. The van der Waals surface area contributed by atoms with Crippen molar-refractivity contribution in [3.63, 3.8) is 0 Å². The van der Waals surface area contributed by atoms with Crippen molar-refractivity contribution in [2.24, 2.45) is 11.8 Å². The summed E-state index contributed by atoms with van der Waals surface area (Å²) in [4.78, 5) is 12.7. The van der Waals surface area contributed by atoms with Crippen molar-refractivity contribution >= 4 is 17.5 Å². The van der Waals surface area contributed by atoms with Crippen LogP contribution in [-0.2, 0) is 0 Å². The third-order valence-corrected chi connectivity index (χ3v) is 6.55. The molecule has 0 aliphatic carbocycles. The van der Waals surface area contributed by atoms with Gasteiger partial charge in [0.2, 0.25) is 0 Å². The normalized spacial score (nSPS) is 30.3. The van der Waals surface area contributed by atoms with Crippen LogP contribution in [-0.4, -0.2) is 36.0 Å². The van der Waals surface area contributed by atoms with Gasteiger partial charge in [0, 0.05) is 24.7 Å². The maximum atomic E-state index is 12.7. The lowest BCUT2D eigenvalue weighted by atomic mass is 9.89. The summed E-state index contributed by atoms with van der Waals surface area (Å²) in [7, 11) is 0. The van der Waals surface area contributed by atoms with Crippen molar-refractivity contribution < 1.29 is 4.79 Å². The van der Waals surface area contributed by atoms with Gasteiger partial charge in [0.25, 0.3) is 0 Å². The molecular weight excluding hydrogens is 304 g/mol. The number of thioether (sulfide) groups is 1. The molecule has 2 heterocycles. The fraction of sp³-hybridized carbons (Fsp3) is 0.632. The molecular formula is C19H28N2OS. The zero-order valence-electron chi connectivity index (χ0n) is 14.6. The second kappa shape index (κ2) is 6.96. The van der Waals surface area contributed by atoms with Crippen LogP contribution in [0.15, 0.2) is 12.1 Å². The molecule has 0 aromatic heterocycles. The van der Waals surface area contributed by atoms with E-state index in [0.717, 1.165) is 35.2 Å².